The Morgan fingerprint density at radius 3 is 0.938 bits per heavy atom. The predicted molar refractivity (Wildman–Crippen MR) is 266 cm³/mol. The third-order valence-electron chi connectivity index (χ3n) is 13.3. The molecule has 0 atom stereocenters. The standard InChI is InChI=1S/C60H36N2O2/c1-3-11-37(12-4-1)39-19-25-45-47-27-21-41(33-55(47)61(53(45)31-39)43-23-29-59-51(35-43)49-15-7-9-17-57(49)63-59)42-22-28-48-46-26-20-40(38-13-5-2-6-14-38)32-54(46)62(56(48)34-42)44-24-30-60-52(36-44)50-16-8-10-18-58(50)64-60/h1-36H. The lowest BCUT2D eigenvalue weighted by molar-refractivity contribution is 0.668. The molecule has 0 N–H and O–H groups in total. The molecule has 14 aromatic rings. The van der Waals surface area contributed by atoms with Crippen molar-refractivity contribution in [2.24, 2.45) is 0 Å². The second kappa shape index (κ2) is 13.4. The second-order valence-electron chi connectivity index (χ2n) is 16.9. The van der Waals surface area contributed by atoms with Gasteiger partial charge in [0.05, 0.1) is 22.1 Å². The first-order chi connectivity index (χ1) is 31.7. The summed E-state index contributed by atoms with van der Waals surface area (Å²) in [4.78, 5) is 0. The van der Waals surface area contributed by atoms with E-state index in [-0.39, 0.29) is 0 Å². The maximum Gasteiger partial charge on any atom is 0.135 e. The minimum Gasteiger partial charge on any atom is -0.456 e. The van der Waals surface area contributed by atoms with Gasteiger partial charge in [-0.2, -0.15) is 0 Å². The molecule has 0 fully saturated rings. The highest BCUT2D eigenvalue weighted by atomic mass is 16.3. The maximum atomic E-state index is 6.30. The molecule has 4 aromatic heterocycles. The first kappa shape index (κ1) is 35.0. The van der Waals surface area contributed by atoms with E-state index in [0.717, 1.165) is 88.4 Å². The molecule has 14 rings (SSSR count). The largest absolute Gasteiger partial charge is 0.456 e. The molecule has 0 unspecified atom stereocenters. The zero-order valence-corrected chi connectivity index (χ0v) is 34.5. The molecular weight excluding hydrogens is 781 g/mol. The molecule has 0 amide bonds. The lowest BCUT2D eigenvalue weighted by Crippen LogP contribution is -1.95. The van der Waals surface area contributed by atoms with Crippen molar-refractivity contribution < 1.29 is 8.83 Å². The third kappa shape index (κ3) is 5.23. The minimum atomic E-state index is 0.885. The van der Waals surface area contributed by atoms with Gasteiger partial charge in [-0.05, 0) is 106 Å². The van der Waals surface area contributed by atoms with Crippen LogP contribution in [0.5, 0.6) is 0 Å². The number of furan rings is 2. The molecule has 0 aliphatic heterocycles. The molecule has 4 nitrogen and oxygen atoms in total. The SMILES string of the molecule is c1ccc(-c2ccc3c4ccc(-c5ccc6c7ccc(-c8ccccc8)cc7n(-c7ccc8oc9ccccc9c8c7)c6c5)cc4n(-c4ccc5oc6ccccc6c5c4)c3c2)cc1. The summed E-state index contributed by atoms with van der Waals surface area (Å²) in [7, 11) is 0. The van der Waals surface area contributed by atoms with E-state index in [1.807, 2.05) is 24.3 Å². The number of hydrogen-bond donors (Lipinski definition) is 0. The van der Waals surface area contributed by atoms with Crippen molar-refractivity contribution in [3.05, 3.63) is 218 Å². The molecule has 0 saturated carbocycles. The van der Waals surface area contributed by atoms with Crippen LogP contribution in [0.1, 0.15) is 0 Å². The smallest absolute Gasteiger partial charge is 0.135 e. The fourth-order valence-corrected chi connectivity index (χ4v) is 10.3. The second-order valence-corrected chi connectivity index (χ2v) is 16.9. The Labute approximate surface area is 367 Å². The van der Waals surface area contributed by atoms with Gasteiger partial charge in [0.1, 0.15) is 22.3 Å². The van der Waals surface area contributed by atoms with Gasteiger partial charge in [-0.1, -0.05) is 146 Å². The monoisotopic (exact) mass is 816 g/mol. The Morgan fingerprint density at radius 2 is 0.547 bits per heavy atom. The van der Waals surface area contributed by atoms with Crippen molar-refractivity contribution >= 4 is 87.5 Å². The summed E-state index contributed by atoms with van der Waals surface area (Å²) in [5, 5.41) is 9.29. The molecule has 0 bridgehead atoms. The van der Waals surface area contributed by atoms with Crippen LogP contribution in [-0.2, 0) is 0 Å². The zero-order valence-electron chi connectivity index (χ0n) is 34.5. The third-order valence-corrected chi connectivity index (χ3v) is 13.3. The van der Waals surface area contributed by atoms with Crippen molar-refractivity contribution in [2.45, 2.75) is 0 Å². The van der Waals surface area contributed by atoms with Crippen LogP contribution in [-0.4, -0.2) is 9.13 Å². The Balaban J connectivity index is 1.01. The van der Waals surface area contributed by atoms with Gasteiger partial charge in [0.2, 0.25) is 0 Å². The lowest BCUT2D eigenvalue weighted by atomic mass is 10.0. The highest BCUT2D eigenvalue weighted by molar-refractivity contribution is 6.14. The van der Waals surface area contributed by atoms with Crippen LogP contribution in [0, 0.1) is 0 Å². The number of rotatable bonds is 5. The van der Waals surface area contributed by atoms with E-state index in [2.05, 4.69) is 203 Å². The van der Waals surface area contributed by atoms with Crippen LogP contribution >= 0.6 is 0 Å². The first-order valence-electron chi connectivity index (χ1n) is 21.8. The number of fused-ring (bicyclic) bond motifs is 12. The van der Waals surface area contributed by atoms with Gasteiger partial charge in [-0.25, -0.2) is 0 Å². The average molecular weight is 817 g/mol. The van der Waals surface area contributed by atoms with E-state index in [1.54, 1.807) is 0 Å². The van der Waals surface area contributed by atoms with Crippen molar-refractivity contribution in [1.29, 1.82) is 0 Å². The van der Waals surface area contributed by atoms with Gasteiger partial charge in [0.25, 0.3) is 0 Å². The first-order valence-corrected chi connectivity index (χ1v) is 21.8. The van der Waals surface area contributed by atoms with Gasteiger partial charge < -0.3 is 18.0 Å². The topological polar surface area (TPSA) is 36.1 Å². The summed E-state index contributed by atoms with van der Waals surface area (Å²) in [5.74, 6) is 0. The molecular formula is C60H36N2O2. The number of aromatic nitrogens is 2. The van der Waals surface area contributed by atoms with Gasteiger partial charge in [-0.3, -0.25) is 0 Å². The van der Waals surface area contributed by atoms with Crippen LogP contribution in [0.3, 0.4) is 0 Å². The van der Waals surface area contributed by atoms with Gasteiger partial charge in [0.15, 0.2) is 0 Å². The highest BCUT2D eigenvalue weighted by Crippen LogP contribution is 2.42. The lowest BCUT2D eigenvalue weighted by Gasteiger charge is -2.11. The minimum absolute atomic E-state index is 0.885. The van der Waals surface area contributed by atoms with Gasteiger partial charge >= 0.3 is 0 Å². The van der Waals surface area contributed by atoms with Crippen LogP contribution in [0.4, 0.5) is 0 Å². The molecule has 0 aliphatic rings. The zero-order chi connectivity index (χ0) is 41.9. The summed E-state index contributed by atoms with van der Waals surface area (Å²) in [6.45, 7) is 0. The van der Waals surface area contributed by atoms with E-state index < -0.39 is 0 Å². The van der Waals surface area contributed by atoms with Crippen molar-refractivity contribution in [3.8, 4) is 44.8 Å². The molecule has 0 aliphatic carbocycles. The van der Waals surface area contributed by atoms with Gasteiger partial charge in [-0.15, -0.1) is 0 Å². The van der Waals surface area contributed by atoms with Crippen molar-refractivity contribution in [1.82, 2.24) is 9.13 Å². The van der Waals surface area contributed by atoms with E-state index in [9.17, 15) is 0 Å². The maximum absolute atomic E-state index is 6.30. The molecule has 0 spiro atoms. The van der Waals surface area contributed by atoms with Crippen molar-refractivity contribution in [2.75, 3.05) is 0 Å². The van der Waals surface area contributed by atoms with Crippen molar-refractivity contribution in [3.63, 3.8) is 0 Å². The normalized spacial score (nSPS) is 12.1. The van der Waals surface area contributed by atoms with Crippen LogP contribution in [0.2, 0.25) is 0 Å². The predicted octanol–water partition coefficient (Wildman–Crippen LogP) is 16.7. The number of para-hydroxylation sites is 2. The molecule has 0 radical (unpaired) electrons. The summed E-state index contributed by atoms with van der Waals surface area (Å²) in [5.41, 5.74) is 17.4. The summed E-state index contributed by atoms with van der Waals surface area (Å²) >= 11 is 0. The molecule has 298 valence electrons. The van der Waals surface area contributed by atoms with Crippen LogP contribution in [0.15, 0.2) is 227 Å². The molecule has 0 saturated heterocycles. The van der Waals surface area contributed by atoms with Crippen LogP contribution < -0.4 is 0 Å². The quantitative estimate of drug-likeness (QED) is 0.173. The Kier molecular flexibility index (Phi) is 7.36. The average Bonchev–Trinajstić information content (AvgIpc) is 4.10. The van der Waals surface area contributed by atoms with E-state index in [4.69, 9.17) is 8.83 Å². The van der Waals surface area contributed by atoms with E-state index in [1.165, 1.54) is 43.8 Å². The highest BCUT2D eigenvalue weighted by Gasteiger charge is 2.20. The number of hydrogen-bond acceptors (Lipinski definition) is 2. The summed E-state index contributed by atoms with van der Waals surface area (Å²) < 4.78 is 17.5. The molecule has 10 aromatic carbocycles. The molecule has 4 heteroatoms. The summed E-state index contributed by atoms with van der Waals surface area (Å²) in [6.07, 6.45) is 0. The summed E-state index contributed by atoms with van der Waals surface area (Å²) in [6, 6.07) is 78.8. The fraction of sp³-hybridized carbons (Fsp3) is 0. The molecule has 64 heavy (non-hydrogen) atoms. The van der Waals surface area contributed by atoms with E-state index >= 15 is 0 Å². The van der Waals surface area contributed by atoms with Gasteiger partial charge in [0, 0.05) is 54.5 Å². The number of benzene rings is 10. The number of nitrogens with zero attached hydrogens (tertiary/aromatic N) is 2. The fourth-order valence-electron chi connectivity index (χ4n) is 10.3. The molecule has 4 heterocycles. The Hall–Kier alpha value is -8.60. The van der Waals surface area contributed by atoms with E-state index in [0.29, 0.717) is 0 Å². The Bertz CT molecular complexity index is 3910. The van der Waals surface area contributed by atoms with Crippen LogP contribution in [0.25, 0.3) is 132 Å². The Morgan fingerprint density at radius 1 is 0.219 bits per heavy atom.